The highest BCUT2D eigenvalue weighted by Gasteiger charge is 2.31. The SMILES string of the molecule is CC(C)(C)C1CCc2c(sc3nc(C(=O)NS(C)(=O)=O)cn23)C1. The number of imidazole rings is 1. The molecule has 1 aliphatic rings. The van der Waals surface area contributed by atoms with Crippen LogP contribution in [0.4, 0.5) is 0 Å². The first-order valence-corrected chi connectivity index (χ1v) is 10.3. The molecule has 2 aromatic heterocycles. The summed E-state index contributed by atoms with van der Waals surface area (Å²) >= 11 is 1.60. The third-order valence-electron chi connectivity index (χ3n) is 4.40. The third kappa shape index (κ3) is 3.28. The van der Waals surface area contributed by atoms with Gasteiger partial charge in [-0.1, -0.05) is 20.8 Å². The predicted molar refractivity (Wildman–Crippen MR) is 90.3 cm³/mol. The number of fused-ring (bicyclic) bond motifs is 3. The average molecular weight is 355 g/mol. The Morgan fingerprint density at radius 2 is 2.13 bits per heavy atom. The Morgan fingerprint density at radius 1 is 1.43 bits per heavy atom. The van der Waals surface area contributed by atoms with E-state index in [1.165, 1.54) is 10.6 Å². The van der Waals surface area contributed by atoms with Gasteiger partial charge in [-0.05, 0) is 30.6 Å². The number of sulfonamides is 1. The molecule has 0 aliphatic heterocycles. The van der Waals surface area contributed by atoms with Crippen LogP contribution in [0.15, 0.2) is 6.20 Å². The number of rotatable bonds is 2. The lowest BCUT2D eigenvalue weighted by atomic mass is 9.73. The Bertz CT molecular complexity index is 872. The number of carbonyl (C=O) groups excluding carboxylic acids is 1. The molecule has 0 bridgehead atoms. The van der Waals surface area contributed by atoms with Crippen LogP contribution >= 0.6 is 11.3 Å². The molecule has 0 aromatic carbocycles. The number of nitrogens with zero attached hydrogens (tertiary/aromatic N) is 2. The summed E-state index contributed by atoms with van der Waals surface area (Å²) in [6.07, 6.45) is 5.71. The molecule has 2 aromatic rings. The minimum absolute atomic E-state index is 0.141. The number of aromatic nitrogens is 2. The molecule has 0 saturated heterocycles. The summed E-state index contributed by atoms with van der Waals surface area (Å²) in [6.45, 7) is 6.82. The van der Waals surface area contributed by atoms with Crippen molar-refractivity contribution in [2.75, 3.05) is 6.26 Å². The standard InChI is InChI=1S/C15H21N3O3S2/c1-15(2,3)9-5-6-11-12(7-9)22-14-16-10(8-18(11)14)13(19)17-23(4,20)21/h8-9H,5-7H2,1-4H3,(H,17,19). The monoisotopic (exact) mass is 355 g/mol. The summed E-state index contributed by atoms with van der Waals surface area (Å²) in [5.74, 6) is -0.0353. The minimum Gasteiger partial charge on any atom is -0.294 e. The van der Waals surface area contributed by atoms with Crippen LogP contribution in [0.3, 0.4) is 0 Å². The fraction of sp³-hybridized carbons (Fsp3) is 0.600. The van der Waals surface area contributed by atoms with Crippen molar-refractivity contribution >= 4 is 32.2 Å². The number of hydrogen-bond donors (Lipinski definition) is 1. The van der Waals surface area contributed by atoms with E-state index >= 15 is 0 Å². The van der Waals surface area contributed by atoms with Gasteiger partial charge in [-0.15, -0.1) is 11.3 Å². The zero-order valence-electron chi connectivity index (χ0n) is 13.7. The lowest BCUT2D eigenvalue weighted by Gasteiger charge is -2.33. The first-order valence-electron chi connectivity index (χ1n) is 7.56. The smallest absolute Gasteiger partial charge is 0.284 e. The molecule has 1 amide bonds. The van der Waals surface area contributed by atoms with Crippen LogP contribution in [0.2, 0.25) is 0 Å². The van der Waals surface area contributed by atoms with E-state index in [1.807, 2.05) is 9.12 Å². The molecular weight excluding hydrogens is 334 g/mol. The summed E-state index contributed by atoms with van der Waals surface area (Å²) in [5.41, 5.74) is 1.63. The van der Waals surface area contributed by atoms with Gasteiger partial charge in [0.25, 0.3) is 5.91 Å². The third-order valence-corrected chi connectivity index (χ3v) is 6.07. The van der Waals surface area contributed by atoms with Gasteiger partial charge in [-0.3, -0.25) is 9.20 Å². The number of aryl methyl sites for hydroxylation is 1. The molecule has 0 radical (unpaired) electrons. The average Bonchev–Trinajstić information content (AvgIpc) is 2.91. The molecule has 0 fully saturated rings. The fourth-order valence-electron chi connectivity index (χ4n) is 3.06. The zero-order valence-corrected chi connectivity index (χ0v) is 15.3. The Hall–Kier alpha value is -1.41. The van der Waals surface area contributed by atoms with E-state index in [0.717, 1.165) is 30.5 Å². The minimum atomic E-state index is -3.58. The van der Waals surface area contributed by atoms with E-state index in [0.29, 0.717) is 5.92 Å². The van der Waals surface area contributed by atoms with Crippen LogP contribution < -0.4 is 4.72 Å². The molecule has 1 unspecified atom stereocenters. The topological polar surface area (TPSA) is 80.5 Å². The second-order valence-corrected chi connectivity index (χ2v) is 10.1. The Kier molecular flexibility index (Phi) is 3.79. The van der Waals surface area contributed by atoms with Gasteiger partial charge in [-0.2, -0.15) is 0 Å². The highest BCUT2D eigenvalue weighted by molar-refractivity contribution is 7.89. The van der Waals surface area contributed by atoms with Crippen LogP contribution in [0.25, 0.3) is 4.96 Å². The maximum absolute atomic E-state index is 11.9. The van der Waals surface area contributed by atoms with Crippen LogP contribution in [0, 0.1) is 11.3 Å². The normalized spacial score (nSPS) is 18.9. The summed E-state index contributed by atoms with van der Waals surface area (Å²) in [4.78, 5) is 18.3. The van der Waals surface area contributed by atoms with Crippen molar-refractivity contribution < 1.29 is 13.2 Å². The van der Waals surface area contributed by atoms with Crippen LogP contribution in [0.5, 0.6) is 0 Å². The maximum atomic E-state index is 11.9. The molecule has 6 nitrogen and oxygen atoms in total. The summed E-state index contributed by atoms with van der Waals surface area (Å²) in [5, 5.41) is 0. The highest BCUT2D eigenvalue weighted by Crippen LogP contribution is 2.40. The van der Waals surface area contributed by atoms with E-state index in [2.05, 4.69) is 25.8 Å². The van der Waals surface area contributed by atoms with Crippen LogP contribution in [0.1, 0.15) is 48.3 Å². The van der Waals surface area contributed by atoms with Gasteiger partial charge < -0.3 is 0 Å². The van der Waals surface area contributed by atoms with Crippen LogP contribution in [-0.4, -0.2) is 30.0 Å². The van der Waals surface area contributed by atoms with Gasteiger partial charge >= 0.3 is 0 Å². The Labute approximate surface area is 140 Å². The molecule has 1 aliphatic carbocycles. The zero-order chi connectivity index (χ0) is 17.0. The number of amides is 1. The predicted octanol–water partition coefficient (Wildman–Crippen LogP) is 2.24. The van der Waals surface area contributed by atoms with Crippen molar-refractivity contribution in [3.8, 4) is 0 Å². The van der Waals surface area contributed by atoms with Gasteiger partial charge in [0, 0.05) is 16.8 Å². The number of carbonyl (C=O) groups is 1. The van der Waals surface area contributed by atoms with E-state index < -0.39 is 15.9 Å². The summed E-state index contributed by atoms with van der Waals surface area (Å²) < 4.78 is 26.2. The quantitative estimate of drug-likeness (QED) is 0.896. The molecule has 8 heteroatoms. The van der Waals surface area contributed by atoms with E-state index in [-0.39, 0.29) is 11.1 Å². The highest BCUT2D eigenvalue weighted by atomic mass is 32.2. The lowest BCUT2D eigenvalue weighted by Crippen LogP contribution is -2.29. The Balaban J connectivity index is 1.91. The second kappa shape index (κ2) is 5.31. The van der Waals surface area contributed by atoms with Gasteiger partial charge in [-0.25, -0.2) is 18.1 Å². The number of hydrogen-bond acceptors (Lipinski definition) is 5. The molecule has 0 saturated carbocycles. The van der Waals surface area contributed by atoms with Gasteiger partial charge in [0.05, 0.1) is 6.26 Å². The summed E-state index contributed by atoms with van der Waals surface area (Å²) in [6, 6.07) is 0. The molecule has 3 rings (SSSR count). The number of nitrogens with one attached hydrogen (secondary N) is 1. The summed E-state index contributed by atoms with van der Waals surface area (Å²) in [7, 11) is -3.58. The van der Waals surface area contributed by atoms with Gasteiger partial charge in [0.1, 0.15) is 5.69 Å². The maximum Gasteiger partial charge on any atom is 0.284 e. The Morgan fingerprint density at radius 3 is 2.74 bits per heavy atom. The second-order valence-electron chi connectivity index (χ2n) is 7.26. The van der Waals surface area contributed by atoms with Gasteiger partial charge in [0.15, 0.2) is 4.96 Å². The fourth-order valence-corrected chi connectivity index (χ4v) is 4.73. The van der Waals surface area contributed by atoms with Crippen molar-refractivity contribution in [3.05, 3.63) is 22.5 Å². The van der Waals surface area contributed by atoms with Crippen LogP contribution in [-0.2, 0) is 22.9 Å². The molecule has 126 valence electrons. The first kappa shape index (κ1) is 16.4. The van der Waals surface area contributed by atoms with Crippen molar-refractivity contribution in [1.82, 2.24) is 14.1 Å². The van der Waals surface area contributed by atoms with Crippen molar-refractivity contribution in [2.24, 2.45) is 11.3 Å². The van der Waals surface area contributed by atoms with E-state index in [9.17, 15) is 13.2 Å². The lowest BCUT2D eigenvalue weighted by molar-refractivity contribution is 0.0977. The first-order chi connectivity index (χ1) is 10.5. The molecule has 1 N–H and O–H groups in total. The van der Waals surface area contributed by atoms with Crippen molar-refractivity contribution in [3.63, 3.8) is 0 Å². The van der Waals surface area contributed by atoms with E-state index in [4.69, 9.17) is 0 Å². The molecule has 1 atom stereocenters. The molecular formula is C15H21N3O3S2. The number of thiazole rings is 1. The van der Waals surface area contributed by atoms with Gasteiger partial charge in [0.2, 0.25) is 10.0 Å². The largest absolute Gasteiger partial charge is 0.294 e. The van der Waals surface area contributed by atoms with Crippen molar-refractivity contribution in [1.29, 1.82) is 0 Å². The molecule has 2 heterocycles. The van der Waals surface area contributed by atoms with E-state index in [1.54, 1.807) is 17.5 Å². The van der Waals surface area contributed by atoms with Crippen molar-refractivity contribution in [2.45, 2.75) is 40.0 Å². The molecule has 0 spiro atoms. The molecule has 23 heavy (non-hydrogen) atoms.